The summed E-state index contributed by atoms with van der Waals surface area (Å²) in [5.41, 5.74) is 6.19. The van der Waals surface area contributed by atoms with Crippen molar-refractivity contribution in [3.8, 4) is 0 Å². The van der Waals surface area contributed by atoms with Crippen molar-refractivity contribution in [2.45, 2.75) is 33.7 Å². The van der Waals surface area contributed by atoms with Gasteiger partial charge in [0.25, 0.3) is 5.69 Å². The van der Waals surface area contributed by atoms with Gasteiger partial charge in [0.15, 0.2) is 0 Å². The minimum atomic E-state index is -0.662. The van der Waals surface area contributed by atoms with Gasteiger partial charge in [-0.15, -0.1) is 0 Å². The van der Waals surface area contributed by atoms with Crippen LogP contribution in [0.5, 0.6) is 0 Å². The van der Waals surface area contributed by atoms with E-state index in [9.17, 15) is 14.9 Å². The molecule has 1 unspecified atom stereocenters. The third-order valence-corrected chi connectivity index (χ3v) is 3.45. The molecule has 0 bridgehead atoms. The third-order valence-electron chi connectivity index (χ3n) is 3.45. The smallest absolute Gasteiger partial charge is 0.272 e. The van der Waals surface area contributed by atoms with Crippen LogP contribution in [-0.4, -0.2) is 17.4 Å². The highest BCUT2D eigenvalue weighted by atomic mass is 16.6. The summed E-state index contributed by atoms with van der Waals surface area (Å²) >= 11 is 0. The van der Waals surface area contributed by atoms with Crippen molar-refractivity contribution < 1.29 is 9.72 Å². The monoisotopic (exact) mass is 279 g/mol. The number of primary amides is 1. The molecule has 1 atom stereocenters. The quantitative estimate of drug-likeness (QED) is 0.615. The van der Waals surface area contributed by atoms with Gasteiger partial charge in [-0.2, -0.15) is 0 Å². The van der Waals surface area contributed by atoms with E-state index in [0.717, 1.165) is 5.56 Å². The van der Waals surface area contributed by atoms with Crippen molar-refractivity contribution >= 4 is 11.6 Å². The summed E-state index contributed by atoms with van der Waals surface area (Å²) in [7, 11) is 0. The first-order valence-electron chi connectivity index (χ1n) is 6.43. The lowest BCUT2D eigenvalue weighted by Gasteiger charge is -2.24. The molecule has 1 aromatic carbocycles. The number of nitro groups is 1. The molecule has 0 radical (unpaired) electrons. The zero-order valence-electron chi connectivity index (χ0n) is 12.3. The maximum absolute atomic E-state index is 11.3. The fraction of sp³-hybridized carbons (Fsp3) is 0.500. The molecule has 1 aromatic rings. The number of aryl methyl sites for hydroxylation is 1. The lowest BCUT2D eigenvalue weighted by atomic mass is 9.92. The number of hydrogen-bond acceptors (Lipinski definition) is 4. The number of carbonyl (C=O) groups is 1. The van der Waals surface area contributed by atoms with Gasteiger partial charge in [-0.1, -0.05) is 12.1 Å². The number of nitrogens with one attached hydrogen (secondary N) is 1. The Bertz CT molecular complexity index is 526. The lowest BCUT2D eigenvalue weighted by molar-refractivity contribution is -0.385. The fourth-order valence-corrected chi connectivity index (χ4v) is 1.71. The number of benzene rings is 1. The SMILES string of the molecule is Cc1ccc(C(C)NCC(C)(C)C(N)=O)cc1[N+](=O)[O-]. The summed E-state index contributed by atoms with van der Waals surface area (Å²) in [6.07, 6.45) is 0. The van der Waals surface area contributed by atoms with Gasteiger partial charge < -0.3 is 11.1 Å². The van der Waals surface area contributed by atoms with E-state index in [2.05, 4.69) is 5.32 Å². The summed E-state index contributed by atoms with van der Waals surface area (Å²) < 4.78 is 0. The molecule has 0 aromatic heterocycles. The van der Waals surface area contributed by atoms with Crippen LogP contribution in [0.15, 0.2) is 18.2 Å². The van der Waals surface area contributed by atoms with Crippen LogP contribution in [0.4, 0.5) is 5.69 Å². The number of nitrogens with two attached hydrogens (primary N) is 1. The van der Waals surface area contributed by atoms with Crippen molar-refractivity contribution in [1.29, 1.82) is 0 Å². The van der Waals surface area contributed by atoms with E-state index >= 15 is 0 Å². The Hall–Kier alpha value is -1.95. The molecular weight excluding hydrogens is 258 g/mol. The van der Waals surface area contributed by atoms with Gasteiger partial charge in [-0.3, -0.25) is 14.9 Å². The van der Waals surface area contributed by atoms with Crippen molar-refractivity contribution in [2.24, 2.45) is 11.1 Å². The second-order valence-electron chi connectivity index (χ2n) is 5.65. The third kappa shape index (κ3) is 3.77. The first-order valence-corrected chi connectivity index (χ1v) is 6.43. The van der Waals surface area contributed by atoms with Crippen molar-refractivity contribution in [3.63, 3.8) is 0 Å². The molecule has 0 aliphatic heterocycles. The highest BCUT2D eigenvalue weighted by molar-refractivity contribution is 5.80. The van der Waals surface area contributed by atoms with E-state index in [-0.39, 0.29) is 22.6 Å². The molecule has 0 heterocycles. The van der Waals surface area contributed by atoms with Gasteiger partial charge in [0.05, 0.1) is 10.3 Å². The molecule has 0 spiro atoms. The molecule has 1 rings (SSSR count). The fourth-order valence-electron chi connectivity index (χ4n) is 1.71. The van der Waals surface area contributed by atoms with Gasteiger partial charge in [-0.05, 0) is 33.3 Å². The normalized spacial score (nSPS) is 13.0. The zero-order chi connectivity index (χ0) is 15.5. The minimum Gasteiger partial charge on any atom is -0.369 e. The Morgan fingerprint density at radius 2 is 2.10 bits per heavy atom. The maximum Gasteiger partial charge on any atom is 0.272 e. The van der Waals surface area contributed by atoms with Crippen LogP contribution in [0.3, 0.4) is 0 Å². The molecular formula is C14H21N3O3. The highest BCUT2D eigenvalue weighted by Gasteiger charge is 2.25. The molecule has 0 fully saturated rings. The predicted molar refractivity (Wildman–Crippen MR) is 77.2 cm³/mol. The summed E-state index contributed by atoms with van der Waals surface area (Å²) in [6.45, 7) is 7.52. The van der Waals surface area contributed by atoms with Gasteiger partial charge >= 0.3 is 0 Å². The summed E-state index contributed by atoms with van der Waals surface area (Å²) in [5, 5.41) is 14.1. The zero-order valence-corrected chi connectivity index (χ0v) is 12.3. The topological polar surface area (TPSA) is 98.3 Å². The minimum absolute atomic E-state index is 0.102. The molecule has 0 saturated heterocycles. The number of rotatable bonds is 6. The van der Waals surface area contributed by atoms with E-state index in [1.807, 2.05) is 13.0 Å². The second-order valence-corrected chi connectivity index (χ2v) is 5.65. The van der Waals surface area contributed by atoms with Gasteiger partial charge in [0.2, 0.25) is 5.91 Å². The molecule has 3 N–H and O–H groups in total. The Morgan fingerprint density at radius 1 is 1.50 bits per heavy atom. The van der Waals surface area contributed by atoms with Crippen LogP contribution in [0.25, 0.3) is 0 Å². The average Bonchev–Trinajstić information content (AvgIpc) is 2.36. The second kappa shape index (κ2) is 6.00. The molecule has 6 nitrogen and oxygen atoms in total. The van der Waals surface area contributed by atoms with E-state index in [4.69, 9.17) is 5.73 Å². The standard InChI is InChI=1S/C14H21N3O3/c1-9-5-6-11(7-12(9)17(19)20)10(2)16-8-14(3,4)13(15)18/h5-7,10,16H,8H2,1-4H3,(H2,15,18). The van der Waals surface area contributed by atoms with Crippen LogP contribution in [0.2, 0.25) is 0 Å². The molecule has 0 aliphatic carbocycles. The van der Waals surface area contributed by atoms with Gasteiger partial charge in [0.1, 0.15) is 0 Å². The Labute approximate surface area is 118 Å². The van der Waals surface area contributed by atoms with Crippen molar-refractivity contribution in [2.75, 3.05) is 6.54 Å². The Balaban J connectivity index is 2.83. The number of nitrogens with zero attached hydrogens (tertiary/aromatic N) is 1. The van der Waals surface area contributed by atoms with E-state index in [0.29, 0.717) is 12.1 Å². The summed E-state index contributed by atoms with van der Waals surface area (Å²) in [6, 6.07) is 5.03. The van der Waals surface area contributed by atoms with Gasteiger partial charge in [0, 0.05) is 24.2 Å². The van der Waals surface area contributed by atoms with Crippen molar-refractivity contribution in [3.05, 3.63) is 39.4 Å². The van der Waals surface area contributed by atoms with E-state index in [1.54, 1.807) is 32.9 Å². The summed E-state index contributed by atoms with van der Waals surface area (Å²) in [5.74, 6) is -0.382. The van der Waals surface area contributed by atoms with E-state index < -0.39 is 5.41 Å². The first-order chi connectivity index (χ1) is 9.15. The number of nitro benzene ring substituents is 1. The Morgan fingerprint density at radius 3 is 2.60 bits per heavy atom. The first kappa shape index (κ1) is 16.1. The maximum atomic E-state index is 11.3. The number of hydrogen-bond donors (Lipinski definition) is 2. The Kier molecular flexibility index (Phi) is 4.83. The highest BCUT2D eigenvalue weighted by Crippen LogP contribution is 2.24. The predicted octanol–water partition coefficient (Wildman–Crippen LogP) is 2.07. The molecule has 1 amide bonds. The summed E-state index contributed by atoms with van der Waals surface area (Å²) in [4.78, 5) is 21.8. The van der Waals surface area contributed by atoms with Crippen LogP contribution < -0.4 is 11.1 Å². The molecule has 20 heavy (non-hydrogen) atoms. The van der Waals surface area contributed by atoms with Crippen LogP contribution >= 0.6 is 0 Å². The molecule has 6 heteroatoms. The van der Waals surface area contributed by atoms with Gasteiger partial charge in [-0.25, -0.2) is 0 Å². The van der Waals surface area contributed by atoms with Crippen LogP contribution in [0, 0.1) is 22.5 Å². The number of amides is 1. The molecule has 0 saturated carbocycles. The largest absolute Gasteiger partial charge is 0.369 e. The van der Waals surface area contributed by atoms with Crippen molar-refractivity contribution in [1.82, 2.24) is 5.32 Å². The van der Waals surface area contributed by atoms with Crippen LogP contribution in [-0.2, 0) is 4.79 Å². The molecule has 110 valence electrons. The van der Waals surface area contributed by atoms with Crippen LogP contribution in [0.1, 0.15) is 37.9 Å². The molecule has 0 aliphatic rings. The van der Waals surface area contributed by atoms with E-state index in [1.165, 1.54) is 0 Å². The average molecular weight is 279 g/mol. The number of carbonyl (C=O) groups excluding carboxylic acids is 1. The lowest BCUT2D eigenvalue weighted by Crippen LogP contribution is -2.41.